The number of phosphoric ester groups is 1. The van der Waals surface area contributed by atoms with Crippen molar-refractivity contribution in [3.8, 4) is 0 Å². The average molecular weight is 592 g/mol. The van der Waals surface area contributed by atoms with E-state index in [2.05, 4.69) is 24.4 Å². The van der Waals surface area contributed by atoms with Crippen LogP contribution >= 0.6 is 7.82 Å². The first-order chi connectivity index (χ1) is 19.3. The molecule has 10 heteroatoms. The maximum absolute atomic E-state index is 11.9. The number of hydrogen-bond acceptors (Lipinski definition) is 7. The highest BCUT2D eigenvalue weighted by Crippen LogP contribution is 2.42. The van der Waals surface area contributed by atoms with Gasteiger partial charge < -0.3 is 20.1 Å². The van der Waals surface area contributed by atoms with Crippen LogP contribution in [0.3, 0.4) is 0 Å². The number of allylic oxidation sites excluding steroid dienone is 2. The lowest BCUT2D eigenvalue weighted by Crippen LogP contribution is -2.27. The summed E-state index contributed by atoms with van der Waals surface area (Å²) in [6.07, 6.45) is 23.9. The number of ether oxygens (including phenoxy) is 1. The number of carbonyl (C=O) groups excluding carboxylic acids is 2. The highest BCUT2D eigenvalue weighted by Gasteiger charge is 2.23. The van der Waals surface area contributed by atoms with Gasteiger partial charge in [0.05, 0.1) is 13.2 Å². The maximum Gasteiger partial charge on any atom is 0.472 e. The molecule has 0 aromatic rings. The summed E-state index contributed by atoms with van der Waals surface area (Å²) in [6, 6.07) is 0. The molecule has 1 amide bonds. The average Bonchev–Trinajstić information content (AvgIpc) is 2.93. The summed E-state index contributed by atoms with van der Waals surface area (Å²) in [7, 11) is -4.38. The third-order valence-electron chi connectivity index (χ3n) is 6.45. The fourth-order valence-electron chi connectivity index (χ4n) is 4.00. The lowest BCUT2D eigenvalue weighted by atomic mass is 10.1. The second kappa shape index (κ2) is 27.9. The van der Waals surface area contributed by atoms with Gasteiger partial charge in [0.2, 0.25) is 5.91 Å². The van der Waals surface area contributed by atoms with E-state index in [0.717, 1.165) is 32.1 Å². The molecule has 0 fully saturated rings. The molecule has 40 heavy (non-hydrogen) atoms. The van der Waals surface area contributed by atoms with Gasteiger partial charge in [0.1, 0.15) is 12.7 Å². The van der Waals surface area contributed by atoms with Crippen LogP contribution in [-0.2, 0) is 27.9 Å². The Kier molecular flexibility index (Phi) is 27.0. The van der Waals surface area contributed by atoms with Crippen molar-refractivity contribution in [3.05, 3.63) is 12.2 Å². The van der Waals surface area contributed by atoms with Gasteiger partial charge in [-0.25, -0.2) is 4.57 Å². The Hall–Kier alpha value is -1.25. The molecule has 9 nitrogen and oxygen atoms in total. The second-order valence-electron chi connectivity index (χ2n) is 10.4. The van der Waals surface area contributed by atoms with E-state index in [-0.39, 0.29) is 32.1 Å². The minimum absolute atomic E-state index is 0.0770. The highest BCUT2D eigenvalue weighted by molar-refractivity contribution is 7.47. The molecule has 0 aliphatic rings. The van der Waals surface area contributed by atoms with E-state index in [0.29, 0.717) is 6.42 Å². The zero-order valence-electron chi connectivity index (χ0n) is 25.3. The summed E-state index contributed by atoms with van der Waals surface area (Å²) in [5.74, 6) is -0.557. The van der Waals surface area contributed by atoms with Crippen LogP contribution in [0.4, 0.5) is 0 Å². The standard InChI is InChI=1S/C30H58NO8P/c1-3-5-7-8-9-10-11-12-13-14-15-16-17-18-19-20-21-23-30(34)37-26-28(32)27-39-40(35,36)38-25-24-31-29(33)22-6-4-2/h12-13,28,32H,3-11,14-27H2,1-2H3,(H,31,33)(H,35,36)/b13-12-. The largest absolute Gasteiger partial charge is 0.472 e. The zero-order chi connectivity index (χ0) is 29.7. The molecule has 0 saturated carbocycles. The number of amides is 1. The predicted molar refractivity (Wildman–Crippen MR) is 160 cm³/mol. The molecule has 236 valence electrons. The smallest absolute Gasteiger partial charge is 0.463 e. The normalized spacial score (nSPS) is 13.8. The van der Waals surface area contributed by atoms with Gasteiger partial charge in [-0.3, -0.25) is 18.6 Å². The molecule has 0 rings (SSSR count). The van der Waals surface area contributed by atoms with Crippen molar-refractivity contribution in [1.82, 2.24) is 5.32 Å². The summed E-state index contributed by atoms with van der Waals surface area (Å²) < 4.78 is 26.3. The first-order valence-electron chi connectivity index (χ1n) is 15.7. The SMILES string of the molecule is CCCCCCCC/C=C\CCCCCCCCCC(=O)OCC(O)COP(=O)(O)OCCNC(=O)CCCC. The Labute approximate surface area is 243 Å². The molecular formula is C30H58NO8P. The number of unbranched alkanes of at least 4 members (excludes halogenated alkanes) is 14. The minimum atomic E-state index is -4.38. The van der Waals surface area contributed by atoms with Gasteiger partial charge in [0.15, 0.2) is 0 Å². The van der Waals surface area contributed by atoms with E-state index in [1.54, 1.807) is 0 Å². The molecule has 0 heterocycles. The number of phosphoric acid groups is 1. The molecule has 0 aliphatic carbocycles. The summed E-state index contributed by atoms with van der Waals surface area (Å²) in [6.45, 7) is 3.27. The van der Waals surface area contributed by atoms with Crippen LogP contribution < -0.4 is 5.32 Å². The van der Waals surface area contributed by atoms with E-state index in [1.165, 1.54) is 77.0 Å². The van der Waals surface area contributed by atoms with Crippen LogP contribution in [0.5, 0.6) is 0 Å². The molecule has 0 aliphatic heterocycles. The zero-order valence-corrected chi connectivity index (χ0v) is 26.2. The number of nitrogens with one attached hydrogen (secondary N) is 1. The molecule has 0 radical (unpaired) electrons. The lowest BCUT2D eigenvalue weighted by molar-refractivity contribution is -0.147. The summed E-state index contributed by atoms with van der Waals surface area (Å²) in [5.41, 5.74) is 0. The van der Waals surface area contributed by atoms with E-state index < -0.39 is 26.5 Å². The van der Waals surface area contributed by atoms with Crippen molar-refractivity contribution >= 4 is 19.7 Å². The fourth-order valence-corrected chi connectivity index (χ4v) is 4.75. The third-order valence-corrected chi connectivity index (χ3v) is 7.43. The Morgan fingerprint density at radius 2 is 1.30 bits per heavy atom. The molecule has 3 N–H and O–H groups in total. The molecule has 0 aromatic heterocycles. The predicted octanol–water partition coefficient (Wildman–Crippen LogP) is 7.15. The topological polar surface area (TPSA) is 131 Å². The lowest BCUT2D eigenvalue weighted by Gasteiger charge is -2.15. The van der Waals surface area contributed by atoms with Crippen molar-refractivity contribution in [2.75, 3.05) is 26.4 Å². The number of rotatable bonds is 29. The molecule has 2 atom stereocenters. The van der Waals surface area contributed by atoms with Gasteiger partial charge in [-0.05, 0) is 38.5 Å². The third kappa shape index (κ3) is 28.3. The second-order valence-corrected chi connectivity index (χ2v) is 11.9. The van der Waals surface area contributed by atoms with E-state index in [9.17, 15) is 24.2 Å². The van der Waals surface area contributed by atoms with Crippen molar-refractivity contribution in [1.29, 1.82) is 0 Å². The quantitative estimate of drug-likeness (QED) is 0.0362. The van der Waals surface area contributed by atoms with E-state index >= 15 is 0 Å². The van der Waals surface area contributed by atoms with Gasteiger partial charge >= 0.3 is 13.8 Å². The van der Waals surface area contributed by atoms with Crippen LogP contribution in [0.1, 0.15) is 136 Å². The molecule has 0 saturated heterocycles. The van der Waals surface area contributed by atoms with Gasteiger partial charge in [-0.1, -0.05) is 96.6 Å². The Bertz CT molecular complexity index is 689. The monoisotopic (exact) mass is 591 g/mol. The van der Waals surface area contributed by atoms with Crippen LogP contribution in [0, 0.1) is 0 Å². The Morgan fingerprint density at radius 1 is 0.750 bits per heavy atom. The van der Waals surface area contributed by atoms with Gasteiger partial charge in [0, 0.05) is 19.4 Å². The molecule has 0 aromatic carbocycles. The number of esters is 1. The minimum Gasteiger partial charge on any atom is -0.463 e. The fraction of sp³-hybridized carbons (Fsp3) is 0.867. The molecule has 0 bridgehead atoms. The Balaban J connectivity index is 3.58. The maximum atomic E-state index is 11.9. The molecular weight excluding hydrogens is 533 g/mol. The number of aliphatic hydroxyl groups excluding tert-OH is 1. The van der Waals surface area contributed by atoms with Crippen molar-refractivity contribution in [2.45, 2.75) is 142 Å². The van der Waals surface area contributed by atoms with Crippen LogP contribution in [0.15, 0.2) is 12.2 Å². The number of aliphatic hydroxyl groups is 1. The van der Waals surface area contributed by atoms with Crippen LogP contribution in [0.2, 0.25) is 0 Å². The van der Waals surface area contributed by atoms with Crippen molar-refractivity contribution in [3.63, 3.8) is 0 Å². The first kappa shape index (κ1) is 38.8. The first-order valence-corrected chi connectivity index (χ1v) is 17.2. The van der Waals surface area contributed by atoms with Crippen molar-refractivity contribution in [2.24, 2.45) is 0 Å². The van der Waals surface area contributed by atoms with E-state index in [1.807, 2.05) is 6.92 Å². The van der Waals surface area contributed by atoms with Gasteiger partial charge in [-0.2, -0.15) is 0 Å². The number of carbonyl (C=O) groups is 2. The molecule has 0 spiro atoms. The number of hydrogen-bond donors (Lipinski definition) is 3. The Morgan fingerprint density at radius 3 is 1.90 bits per heavy atom. The van der Waals surface area contributed by atoms with Gasteiger partial charge in [-0.15, -0.1) is 0 Å². The van der Waals surface area contributed by atoms with Crippen LogP contribution in [-0.4, -0.2) is 54.3 Å². The van der Waals surface area contributed by atoms with Crippen LogP contribution in [0.25, 0.3) is 0 Å². The van der Waals surface area contributed by atoms with Gasteiger partial charge in [0.25, 0.3) is 0 Å². The summed E-state index contributed by atoms with van der Waals surface area (Å²) >= 11 is 0. The summed E-state index contributed by atoms with van der Waals surface area (Å²) in [5, 5.41) is 12.4. The van der Waals surface area contributed by atoms with E-state index in [4.69, 9.17) is 13.8 Å². The molecule has 2 unspecified atom stereocenters. The highest BCUT2D eigenvalue weighted by atomic mass is 31.2. The van der Waals surface area contributed by atoms with Crippen molar-refractivity contribution < 1.29 is 37.9 Å². The summed E-state index contributed by atoms with van der Waals surface area (Å²) in [4.78, 5) is 33.0.